The van der Waals surface area contributed by atoms with Crippen molar-refractivity contribution in [1.29, 1.82) is 5.26 Å². The van der Waals surface area contributed by atoms with Gasteiger partial charge in [-0.1, -0.05) is 27.7 Å². The summed E-state index contributed by atoms with van der Waals surface area (Å²) < 4.78 is 0. The number of hydrogen-bond acceptors (Lipinski definition) is 3. The zero-order valence-corrected chi connectivity index (χ0v) is 16.6. The van der Waals surface area contributed by atoms with Crippen LogP contribution in [-0.4, -0.2) is 37.0 Å². The number of aromatic amines is 1. The summed E-state index contributed by atoms with van der Waals surface area (Å²) in [5.41, 5.74) is 4.78. The summed E-state index contributed by atoms with van der Waals surface area (Å²) in [5.74, 6) is 1.82. The highest BCUT2D eigenvalue weighted by Crippen LogP contribution is 2.32. The molecule has 1 saturated heterocycles. The molecule has 1 aromatic heterocycles. The molecule has 0 saturated carbocycles. The van der Waals surface area contributed by atoms with Gasteiger partial charge in [-0.25, -0.2) is 4.98 Å². The molecule has 1 aliphatic carbocycles. The Balaban J connectivity index is 1.88. The number of fused-ring (bicyclic) bond motifs is 1. The summed E-state index contributed by atoms with van der Waals surface area (Å²) in [5, 5.41) is 9.84. The van der Waals surface area contributed by atoms with Gasteiger partial charge in [-0.05, 0) is 36.3 Å². The molecule has 2 aliphatic rings. The van der Waals surface area contributed by atoms with E-state index in [1.54, 1.807) is 0 Å². The first-order valence-electron chi connectivity index (χ1n) is 9.96. The van der Waals surface area contributed by atoms with Gasteiger partial charge in [-0.2, -0.15) is 5.26 Å². The fourth-order valence-corrected chi connectivity index (χ4v) is 4.23. The number of anilines is 1. The van der Waals surface area contributed by atoms with Crippen LogP contribution in [0.15, 0.2) is 0 Å². The van der Waals surface area contributed by atoms with E-state index in [1.807, 2.05) is 18.7 Å². The average Bonchev–Trinajstić information content (AvgIpc) is 3.10. The van der Waals surface area contributed by atoms with Crippen molar-refractivity contribution in [1.82, 2.24) is 4.90 Å². The van der Waals surface area contributed by atoms with Gasteiger partial charge in [0.2, 0.25) is 5.91 Å². The number of carbonyl (C=O) groups is 1. The van der Waals surface area contributed by atoms with E-state index in [0.29, 0.717) is 5.92 Å². The van der Waals surface area contributed by atoms with Crippen LogP contribution in [0.2, 0.25) is 0 Å². The van der Waals surface area contributed by atoms with E-state index in [9.17, 15) is 10.1 Å². The Bertz CT molecular complexity index is 725. The molecule has 0 unspecified atom stereocenters. The van der Waals surface area contributed by atoms with Crippen molar-refractivity contribution in [2.45, 2.75) is 53.4 Å². The van der Waals surface area contributed by atoms with E-state index in [4.69, 9.17) is 0 Å². The smallest absolute Gasteiger partial charge is 0.293 e. The summed E-state index contributed by atoms with van der Waals surface area (Å²) in [4.78, 5) is 20.1. The van der Waals surface area contributed by atoms with Gasteiger partial charge in [-0.15, -0.1) is 0 Å². The molecule has 1 amide bonds. The molecule has 0 atom stereocenters. The molecule has 2 heterocycles. The second-order valence-corrected chi connectivity index (χ2v) is 8.31. The Morgan fingerprint density at radius 1 is 1.12 bits per heavy atom. The summed E-state index contributed by atoms with van der Waals surface area (Å²) in [6.07, 6.45) is 4.26. The van der Waals surface area contributed by atoms with E-state index >= 15 is 0 Å². The molecule has 3 rings (SSSR count). The number of pyridine rings is 1. The van der Waals surface area contributed by atoms with Crippen molar-refractivity contribution in [3.8, 4) is 6.07 Å². The summed E-state index contributed by atoms with van der Waals surface area (Å²) in [6, 6.07) is 2.47. The number of rotatable bonds is 4. The van der Waals surface area contributed by atoms with Gasteiger partial charge in [0.1, 0.15) is 30.4 Å². The summed E-state index contributed by atoms with van der Waals surface area (Å²) in [7, 11) is 0. The standard InChI is InChI=1S/C21H30N4O/c1-14(2)12-19-17-7-5-6-16(17)18(13-22)20(23-19)24-8-10-25(11-9-24)21(26)15(3)4/h14-15H,5-12H2,1-4H3/p+1. The number of amides is 1. The van der Waals surface area contributed by atoms with Gasteiger partial charge >= 0.3 is 0 Å². The van der Waals surface area contributed by atoms with E-state index < -0.39 is 0 Å². The quantitative estimate of drug-likeness (QED) is 0.833. The van der Waals surface area contributed by atoms with Crippen LogP contribution >= 0.6 is 0 Å². The molecule has 1 N–H and O–H groups in total. The topological polar surface area (TPSA) is 61.5 Å². The summed E-state index contributed by atoms with van der Waals surface area (Å²) >= 11 is 0. The van der Waals surface area contributed by atoms with Gasteiger partial charge in [0.25, 0.3) is 5.82 Å². The predicted octanol–water partition coefficient (Wildman–Crippen LogP) is 2.36. The first kappa shape index (κ1) is 18.7. The van der Waals surface area contributed by atoms with E-state index in [2.05, 4.69) is 29.8 Å². The first-order valence-corrected chi connectivity index (χ1v) is 9.96. The Kier molecular flexibility index (Phi) is 5.50. The third kappa shape index (κ3) is 3.56. The third-order valence-electron chi connectivity index (χ3n) is 5.52. The van der Waals surface area contributed by atoms with Crippen molar-refractivity contribution in [2.24, 2.45) is 11.8 Å². The molecule has 0 bridgehead atoms. The molecule has 0 spiro atoms. The van der Waals surface area contributed by atoms with Crippen LogP contribution in [-0.2, 0) is 24.1 Å². The van der Waals surface area contributed by atoms with Crippen LogP contribution in [0.25, 0.3) is 0 Å². The van der Waals surface area contributed by atoms with Crippen LogP contribution < -0.4 is 9.88 Å². The maximum Gasteiger partial charge on any atom is 0.293 e. The molecule has 0 radical (unpaired) electrons. The van der Waals surface area contributed by atoms with Crippen LogP contribution in [0.4, 0.5) is 5.82 Å². The highest BCUT2D eigenvalue weighted by Gasteiger charge is 2.33. The van der Waals surface area contributed by atoms with Gasteiger partial charge < -0.3 is 4.90 Å². The number of nitrogens with one attached hydrogen (secondary N) is 1. The normalized spacial score (nSPS) is 17.0. The lowest BCUT2D eigenvalue weighted by atomic mass is 9.97. The molecule has 1 aliphatic heterocycles. The number of piperazine rings is 1. The average molecular weight is 356 g/mol. The second kappa shape index (κ2) is 7.65. The SMILES string of the molecule is CC(C)Cc1[nH+]c(N2CCN(C(=O)C(C)C)CC2)c(C#N)c2c1CCC2. The molecule has 1 aromatic rings. The van der Waals surface area contributed by atoms with Crippen molar-refractivity contribution in [3.63, 3.8) is 0 Å². The number of nitrogens with zero attached hydrogens (tertiary/aromatic N) is 3. The molecular weight excluding hydrogens is 324 g/mol. The number of nitriles is 1. The monoisotopic (exact) mass is 355 g/mol. The number of carbonyl (C=O) groups excluding carboxylic acids is 1. The predicted molar refractivity (Wildman–Crippen MR) is 102 cm³/mol. The molecule has 5 nitrogen and oxygen atoms in total. The second-order valence-electron chi connectivity index (χ2n) is 8.31. The van der Waals surface area contributed by atoms with Crippen LogP contribution in [0.5, 0.6) is 0 Å². The van der Waals surface area contributed by atoms with Crippen molar-refractivity contribution >= 4 is 11.7 Å². The molecule has 0 aromatic carbocycles. The molecule has 1 fully saturated rings. The molecule has 26 heavy (non-hydrogen) atoms. The Morgan fingerprint density at radius 2 is 1.77 bits per heavy atom. The fraction of sp³-hybridized carbons (Fsp3) is 0.667. The van der Waals surface area contributed by atoms with E-state index in [1.165, 1.54) is 16.8 Å². The van der Waals surface area contributed by atoms with Crippen LogP contribution in [0.1, 0.15) is 56.5 Å². The maximum absolute atomic E-state index is 12.2. The Hall–Kier alpha value is -2.09. The molecule has 140 valence electrons. The van der Waals surface area contributed by atoms with Crippen molar-refractivity contribution in [2.75, 3.05) is 31.1 Å². The lowest BCUT2D eigenvalue weighted by Crippen LogP contribution is -2.51. The lowest BCUT2D eigenvalue weighted by molar-refractivity contribution is -0.378. The minimum atomic E-state index is 0.0421. The van der Waals surface area contributed by atoms with Crippen molar-refractivity contribution in [3.05, 3.63) is 22.4 Å². The Morgan fingerprint density at radius 3 is 2.35 bits per heavy atom. The minimum Gasteiger partial charge on any atom is -0.335 e. The van der Waals surface area contributed by atoms with E-state index in [-0.39, 0.29) is 11.8 Å². The lowest BCUT2D eigenvalue weighted by Gasteiger charge is -2.32. The minimum absolute atomic E-state index is 0.0421. The zero-order chi connectivity index (χ0) is 18.8. The molecular formula is C21H31N4O+. The van der Waals surface area contributed by atoms with Crippen LogP contribution in [0.3, 0.4) is 0 Å². The van der Waals surface area contributed by atoms with Gasteiger partial charge in [-0.3, -0.25) is 9.69 Å². The Labute approximate surface area is 157 Å². The number of hydrogen-bond donors (Lipinski definition) is 0. The zero-order valence-electron chi connectivity index (χ0n) is 16.6. The highest BCUT2D eigenvalue weighted by molar-refractivity contribution is 5.78. The molecule has 5 heteroatoms. The van der Waals surface area contributed by atoms with Crippen LogP contribution in [0, 0.1) is 23.2 Å². The van der Waals surface area contributed by atoms with Gasteiger partial charge in [0, 0.05) is 12.3 Å². The largest absolute Gasteiger partial charge is 0.335 e. The van der Waals surface area contributed by atoms with Crippen molar-refractivity contribution < 1.29 is 9.78 Å². The number of aromatic nitrogens is 1. The fourth-order valence-electron chi connectivity index (χ4n) is 4.23. The number of H-pyrrole nitrogens is 1. The first-order chi connectivity index (χ1) is 12.4. The summed E-state index contributed by atoms with van der Waals surface area (Å²) in [6.45, 7) is 11.4. The maximum atomic E-state index is 12.2. The van der Waals surface area contributed by atoms with E-state index in [0.717, 1.165) is 63.2 Å². The third-order valence-corrected chi connectivity index (χ3v) is 5.52. The van der Waals surface area contributed by atoms with Gasteiger partial charge in [0.05, 0.1) is 13.1 Å². The van der Waals surface area contributed by atoms with Gasteiger partial charge in [0.15, 0.2) is 0 Å². The highest BCUT2D eigenvalue weighted by atomic mass is 16.2.